The first-order valence-corrected chi connectivity index (χ1v) is 6.01. The second kappa shape index (κ2) is 5.51. The quantitative estimate of drug-likeness (QED) is 0.782. The molecular formula is C13H23NO2. The molecule has 0 fully saturated rings. The van der Waals surface area contributed by atoms with Crippen LogP contribution in [0.5, 0.6) is 0 Å². The van der Waals surface area contributed by atoms with Gasteiger partial charge in [-0.2, -0.15) is 0 Å². The normalized spacial score (nSPS) is 14.1. The van der Waals surface area contributed by atoms with Crippen LogP contribution in [-0.2, 0) is 0 Å². The Morgan fingerprint density at radius 1 is 1.44 bits per heavy atom. The minimum absolute atomic E-state index is 0.127. The lowest BCUT2D eigenvalue weighted by molar-refractivity contribution is 0.136. The summed E-state index contributed by atoms with van der Waals surface area (Å²) in [6.45, 7) is 8.45. The zero-order chi connectivity index (χ0) is 12.2. The SMILES string of the molecule is CCC(CC)(CO)NC(C)c1occc1C. The van der Waals surface area contributed by atoms with Gasteiger partial charge in [0.25, 0.3) is 0 Å². The molecule has 1 aromatic heterocycles. The lowest BCUT2D eigenvalue weighted by Crippen LogP contribution is -2.48. The second-order valence-corrected chi connectivity index (χ2v) is 4.48. The Hall–Kier alpha value is -0.800. The summed E-state index contributed by atoms with van der Waals surface area (Å²) in [5.41, 5.74) is 0.956. The van der Waals surface area contributed by atoms with Crippen molar-refractivity contribution in [3.8, 4) is 0 Å². The molecule has 0 radical (unpaired) electrons. The minimum Gasteiger partial charge on any atom is -0.467 e. The van der Waals surface area contributed by atoms with E-state index in [2.05, 4.69) is 26.1 Å². The highest BCUT2D eigenvalue weighted by Gasteiger charge is 2.28. The van der Waals surface area contributed by atoms with Crippen LogP contribution in [0.2, 0.25) is 0 Å². The molecule has 16 heavy (non-hydrogen) atoms. The molecule has 1 rings (SSSR count). The van der Waals surface area contributed by atoms with Crippen LogP contribution in [0.25, 0.3) is 0 Å². The zero-order valence-corrected chi connectivity index (χ0v) is 10.7. The van der Waals surface area contributed by atoms with Crippen molar-refractivity contribution >= 4 is 0 Å². The first-order valence-electron chi connectivity index (χ1n) is 6.01. The predicted octanol–water partition coefficient (Wildman–Crippen LogP) is 2.79. The lowest BCUT2D eigenvalue weighted by atomic mass is 9.92. The molecule has 0 saturated heterocycles. The van der Waals surface area contributed by atoms with E-state index < -0.39 is 0 Å². The first kappa shape index (κ1) is 13.3. The number of aliphatic hydroxyl groups is 1. The first-order chi connectivity index (χ1) is 7.58. The summed E-state index contributed by atoms with van der Waals surface area (Å²) < 4.78 is 5.46. The lowest BCUT2D eigenvalue weighted by Gasteiger charge is -2.33. The predicted molar refractivity (Wildman–Crippen MR) is 65.4 cm³/mol. The molecule has 1 unspecified atom stereocenters. The second-order valence-electron chi connectivity index (χ2n) is 4.48. The van der Waals surface area contributed by atoms with Crippen molar-refractivity contribution in [1.82, 2.24) is 5.32 Å². The van der Waals surface area contributed by atoms with Crippen LogP contribution >= 0.6 is 0 Å². The van der Waals surface area contributed by atoms with Crippen LogP contribution in [-0.4, -0.2) is 17.3 Å². The van der Waals surface area contributed by atoms with E-state index in [1.807, 2.05) is 13.0 Å². The third-order valence-corrected chi connectivity index (χ3v) is 3.47. The fourth-order valence-corrected chi connectivity index (χ4v) is 2.08. The molecule has 1 atom stereocenters. The monoisotopic (exact) mass is 225 g/mol. The van der Waals surface area contributed by atoms with Crippen molar-refractivity contribution in [1.29, 1.82) is 0 Å². The Morgan fingerprint density at radius 2 is 2.06 bits per heavy atom. The Bertz CT molecular complexity index is 307. The van der Waals surface area contributed by atoms with Gasteiger partial charge < -0.3 is 9.52 Å². The third kappa shape index (κ3) is 2.66. The van der Waals surface area contributed by atoms with E-state index in [0.29, 0.717) is 0 Å². The summed E-state index contributed by atoms with van der Waals surface area (Å²) in [5, 5.41) is 13.0. The van der Waals surface area contributed by atoms with Crippen LogP contribution in [0.15, 0.2) is 16.7 Å². The molecule has 0 aliphatic rings. The number of furan rings is 1. The molecule has 2 N–H and O–H groups in total. The maximum atomic E-state index is 9.50. The maximum absolute atomic E-state index is 9.50. The van der Waals surface area contributed by atoms with Gasteiger partial charge >= 0.3 is 0 Å². The number of aliphatic hydroxyl groups excluding tert-OH is 1. The average molecular weight is 225 g/mol. The largest absolute Gasteiger partial charge is 0.467 e. The van der Waals surface area contributed by atoms with Gasteiger partial charge in [0.15, 0.2) is 0 Å². The number of hydrogen-bond acceptors (Lipinski definition) is 3. The molecule has 0 bridgehead atoms. The minimum atomic E-state index is -0.196. The highest BCUT2D eigenvalue weighted by atomic mass is 16.3. The van der Waals surface area contributed by atoms with Gasteiger partial charge in [-0.05, 0) is 38.3 Å². The van der Waals surface area contributed by atoms with Crippen molar-refractivity contribution < 1.29 is 9.52 Å². The Labute approximate surface area is 97.9 Å². The van der Waals surface area contributed by atoms with Gasteiger partial charge in [-0.3, -0.25) is 5.32 Å². The van der Waals surface area contributed by atoms with E-state index in [1.165, 1.54) is 0 Å². The van der Waals surface area contributed by atoms with Gasteiger partial charge in [0.2, 0.25) is 0 Å². The summed E-state index contributed by atoms with van der Waals surface area (Å²) in [6, 6.07) is 2.09. The molecule has 0 aliphatic carbocycles. The molecule has 1 heterocycles. The number of aryl methyl sites for hydroxylation is 1. The average Bonchev–Trinajstić information content (AvgIpc) is 2.72. The van der Waals surface area contributed by atoms with Gasteiger partial charge in [-0.1, -0.05) is 13.8 Å². The molecule has 0 aromatic carbocycles. The van der Waals surface area contributed by atoms with E-state index in [-0.39, 0.29) is 18.2 Å². The van der Waals surface area contributed by atoms with Crippen molar-refractivity contribution in [2.24, 2.45) is 0 Å². The van der Waals surface area contributed by atoms with E-state index in [9.17, 15) is 5.11 Å². The van der Waals surface area contributed by atoms with E-state index in [1.54, 1.807) is 6.26 Å². The molecule has 3 nitrogen and oxygen atoms in total. The van der Waals surface area contributed by atoms with Crippen LogP contribution < -0.4 is 5.32 Å². The molecule has 0 spiro atoms. The fourth-order valence-electron chi connectivity index (χ4n) is 2.08. The van der Waals surface area contributed by atoms with Crippen molar-refractivity contribution in [3.63, 3.8) is 0 Å². The third-order valence-electron chi connectivity index (χ3n) is 3.47. The Morgan fingerprint density at radius 3 is 2.44 bits per heavy atom. The number of rotatable bonds is 6. The molecule has 0 amide bonds. The smallest absolute Gasteiger partial charge is 0.123 e. The topological polar surface area (TPSA) is 45.4 Å². The summed E-state index contributed by atoms with van der Waals surface area (Å²) in [5.74, 6) is 0.958. The summed E-state index contributed by atoms with van der Waals surface area (Å²) in [7, 11) is 0. The zero-order valence-electron chi connectivity index (χ0n) is 10.7. The maximum Gasteiger partial charge on any atom is 0.123 e. The summed E-state index contributed by atoms with van der Waals surface area (Å²) in [4.78, 5) is 0. The van der Waals surface area contributed by atoms with Gasteiger partial charge in [0.05, 0.1) is 18.9 Å². The molecule has 0 saturated carbocycles. The van der Waals surface area contributed by atoms with Crippen molar-refractivity contribution in [2.45, 2.75) is 52.1 Å². The molecule has 1 aromatic rings. The van der Waals surface area contributed by atoms with E-state index in [4.69, 9.17) is 4.42 Å². The molecule has 0 aliphatic heterocycles. The van der Waals surface area contributed by atoms with Crippen LogP contribution in [0.1, 0.15) is 51.0 Å². The Balaban J connectivity index is 2.76. The van der Waals surface area contributed by atoms with Gasteiger partial charge in [0, 0.05) is 5.54 Å². The fraction of sp³-hybridized carbons (Fsp3) is 0.692. The standard InChI is InChI=1S/C13H23NO2/c1-5-13(6-2,9-15)14-11(4)12-10(3)7-8-16-12/h7-8,11,14-15H,5-6,9H2,1-4H3. The van der Waals surface area contributed by atoms with Gasteiger partial charge in [-0.15, -0.1) is 0 Å². The van der Waals surface area contributed by atoms with E-state index >= 15 is 0 Å². The number of hydrogen-bond donors (Lipinski definition) is 2. The Kier molecular flexibility index (Phi) is 4.56. The van der Waals surface area contributed by atoms with Gasteiger partial charge in [-0.25, -0.2) is 0 Å². The van der Waals surface area contributed by atoms with Crippen molar-refractivity contribution in [3.05, 3.63) is 23.7 Å². The summed E-state index contributed by atoms with van der Waals surface area (Å²) in [6.07, 6.45) is 3.52. The van der Waals surface area contributed by atoms with Crippen LogP contribution in [0.4, 0.5) is 0 Å². The highest BCUT2D eigenvalue weighted by Crippen LogP contribution is 2.24. The molecular weight excluding hydrogens is 202 g/mol. The summed E-state index contributed by atoms with van der Waals surface area (Å²) >= 11 is 0. The highest BCUT2D eigenvalue weighted by molar-refractivity contribution is 5.18. The van der Waals surface area contributed by atoms with Crippen LogP contribution in [0, 0.1) is 6.92 Å². The van der Waals surface area contributed by atoms with Crippen molar-refractivity contribution in [2.75, 3.05) is 6.61 Å². The van der Waals surface area contributed by atoms with Crippen LogP contribution in [0.3, 0.4) is 0 Å². The molecule has 92 valence electrons. The number of nitrogens with one attached hydrogen (secondary N) is 1. The van der Waals surface area contributed by atoms with E-state index in [0.717, 1.165) is 24.2 Å². The molecule has 3 heteroatoms. The van der Waals surface area contributed by atoms with Gasteiger partial charge in [0.1, 0.15) is 5.76 Å².